The van der Waals surface area contributed by atoms with Gasteiger partial charge in [0.05, 0.1) is 6.17 Å². The van der Waals surface area contributed by atoms with E-state index in [1.807, 2.05) is 0 Å². The first-order valence-electron chi connectivity index (χ1n) is 8.56. The summed E-state index contributed by atoms with van der Waals surface area (Å²) in [6, 6.07) is 0. The van der Waals surface area contributed by atoms with E-state index in [1.54, 1.807) is 0 Å². The minimum absolute atomic E-state index is 0.184. The minimum atomic E-state index is 0.184. The number of fused-ring (bicyclic) bond motifs is 1. The molecule has 0 aromatic carbocycles. The van der Waals surface area contributed by atoms with Gasteiger partial charge in [-0.1, -0.05) is 0 Å². The molecule has 4 fully saturated rings. The number of rotatable bonds is 1. The van der Waals surface area contributed by atoms with Crippen molar-refractivity contribution in [3.05, 3.63) is 17.7 Å². The molecule has 4 bridgehead atoms. The lowest BCUT2D eigenvalue weighted by molar-refractivity contribution is -0.0119. The topological polar surface area (TPSA) is 43.8 Å². The molecule has 1 aromatic heterocycles. The van der Waals surface area contributed by atoms with E-state index in [9.17, 15) is 0 Å². The first-order chi connectivity index (χ1) is 9.73. The molecule has 0 spiro atoms. The zero-order chi connectivity index (χ0) is 13.3. The van der Waals surface area contributed by atoms with Crippen molar-refractivity contribution in [1.29, 1.82) is 0 Å². The van der Waals surface area contributed by atoms with Gasteiger partial charge in [-0.25, -0.2) is 4.98 Å². The molecule has 5 aliphatic rings. The third kappa shape index (κ3) is 1.47. The molecule has 1 unspecified atom stereocenters. The molecule has 2 heterocycles. The number of aromatic nitrogens is 2. The van der Waals surface area contributed by atoms with Crippen LogP contribution < -0.4 is 5.73 Å². The van der Waals surface area contributed by atoms with Crippen LogP contribution in [0.2, 0.25) is 0 Å². The van der Waals surface area contributed by atoms with Gasteiger partial charge in [-0.2, -0.15) is 0 Å². The Labute approximate surface area is 120 Å². The lowest BCUT2D eigenvalue weighted by Crippen LogP contribution is -2.50. The van der Waals surface area contributed by atoms with Crippen molar-refractivity contribution in [2.45, 2.75) is 69.4 Å². The van der Waals surface area contributed by atoms with Crippen molar-refractivity contribution in [3.8, 4) is 0 Å². The summed E-state index contributed by atoms with van der Waals surface area (Å²) in [4.78, 5) is 4.92. The second-order valence-corrected chi connectivity index (χ2v) is 8.10. The van der Waals surface area contributed by atoms with Gasteiger partial charge < -0.3 is 10.3 Å². The van der Waals surface area contributed by atoms with Crippen molar-refractivity contribution in [2.24, 2.45) is 23.5 Å². The molecule has 0 radical (unpaired) electrons. The van der Waals surface area contributed by atoms with E-state index in [0.717, 1.165) is 24.2 Å². The third-order valence-electron chi connectivity index (χ3n) is 6.65. The highest BCUT2D eigenvalue weighted by Gasteiger charge is 2.53. The van der Waals surface area contributed by atoms with Crippen LogP contribution in [0.25, 0.3) is 0 Å². The zero-order valence-electron chi connectivity index (χ0n) is 12.2. The Morgan fingerprint density at radius 2 is 1.75 bits per heavy atom. The summed E-state index contributed by atoms with van der Waals surface area (Å²) >= 11 is 0. The molecule has 3 nitrogen and oxygen atoms in total. The van der Waals surface area contributed by atoms with Gasteiger partial charge in [0.2, 0.25) is 0 Å². The fourth-order valence-electron chi connectivity index (χ4n) is 6.35. The standard InChI is InChI=1S/C17H25N3/c18-15-3-1-2-14-10-19-16(20(14)15)17-7-11-4-12(8-17)6-13(5-11)9-17/h10-13,15H,1-9,18H2. The Morgan fingerprint density at radius 1 is 1.10 bits per heavy atom. The molecule has 20 heavy (non-hydrogen) atoms. The predicted molar refractivity (Wildman–Crippen MR) is 78.2 cm³/mol. The number of imidazole rings is 1. The van der Waals surface area contributed by atoms with Crippen molar-refractivity contribution in [1.82, 2.24) is 9.55 Å². The molecule has 0 amide bonds. The summed E-state index contributed by atoms with van der Waals surface area (Å²) in [5.74, 6) is 4.32. The Bertz CT molecular complexity index is 509. The Balaban J connectivity index is 1.62. The predicted octanol–water partition coefficient (Wildman–Crippen LogP) is 3.14. The molecular formula is C17H25N3. The lowest BCUT2D eigenvalue weighted by Gasteiger charge is -2.56. The first kappa shape index (κ1) is 11.8. The number of aryl methyl sites for hydroxylation is 1. The van der Waals surface area contributed by atoms with Crippen LogP contribution in [0.3, 0.4) is 0 Å². The molecule has 1 atom stereocenters. The van der Waals surface area contributed by atoms with Crippen LogP contribution in [-0.2, 0) is 11.8 Å². The van der Waals surface area contributed by atoms with Crippen LogP contribution in [-0.4, -0.2) is 9.55 Å². The van der Waals surface area contributed by atoms with E-state index in [2.05, 4.69) is 10.8 Å². The third-order valence-corrected chi connectivity index (χ3v) is 6.65. The van der Waals surface area contributed by atoms with Gasteiger partial charge in [0.15, 0.2) is 0 Å². The normalized spacial score (nSPS) is 45.6. The van der Waals surface area contributed by atoms with E-state index < -0.39 is 0 Å². The highest BCUT2D eigenvalue weighted by molar-refractivity contribution is 5.23. The summed E-state index contributed by atoms with van der Waals surface area (Å²) in [7, 11) is 0. The number of nitrogens with two attached hydrogens (primary N) is 1. The summed E-state index contributed by atoms with van der Waals surface area (Å²) in [5, 5.41) is 0. The average molecular weight is 271 g/mol. The molecule has 4 aliphatic carbocycles. The first-order valence-corrected chi connectivity index (χ1v) is 8.56. The SMILES string of the molecule is NC1CCCc2cnc(C34CC5CC(CC(C5)C3)C4)n21. The van der Waals surface area contributed by atoms with E-state index in [4.69, 9.17) is 10.7 Å². The van der Waals surface area contributed by atoms with Gasteiger partial charge in [-0.05, 0) is 75.5 Å². The van der Waals surface area contributed by atoms with E-state index in [0.29, 0.717) is 5.41 Å². The van der Waals surface area contributed by atoms with Crippen LogP contribution in [0, 0.1) is 17.8 Å². The van der Waals surface area contributed by atoms with E-state index in [-0.39, 0.29) is 6.17 Å². The quantitative estimate of drug-likeness (QED) is 0.852. The van der Waals surface area contributed by atoms with Crippen molar-refractivity contribution >= 4 is 0 Å². The average Bonchev–Trinajstić information content (AvgIpc) is 2.83. The highest BCUT2D eigenvalue weighted by Crippen LogP contribution is 2.60. The van der Waals surface area contributed by atoms with Gasteiger partial charge in [-0.3, -0.25) is 0 Å². The molecule has 6 rings (SSSR count). The molecule has 3 heteroatoms. The van der Waals surface area contributed by atoms with Gasteiger partial charge in [0.1, 0.15) is 5.82 Å². The van der Waals surface area contributed by atoms with E-state index >= 15 is 0 Å². The summed E-state index contributed by atoms with van der Waals surface area (Å²) in [6.45, 7) is 0. The van der Waals surface area contributed by atoms with Crippen LogP contribution >= 0.6 is 0 Å². The molecule has 2 N–H and O–H groups in total. The largest absolute Gasteiger partial charge is 0.316 e. The van der Waals surface area contributed by atoms with Crippen LogP contribution in [0.5, 0.6) is 0 Å². The van der Waals surface area contributed by atoms with Crippen LogP contribution in [0.15, 0.2) is 6.20 Å². The van der Waals surface area contributed by atoms with Crippen LogP contribution in [0.4, 0.5) is 0 Å². The van der Waals surface area contributed by atoms with Gasteiger partial charge in [0.25, 0.3) is 0 Å². The van der Waals surface area contributed by atoms with Gasteiger partial charge in [0, 0.05) is 17.3 Å². The molecule has 4 saturated carbocycles. The zero-order valence-corrected chi connectivity index (χ0v) is 12.2. The molecule has 1 aliphatic heterocycles. The van der Waals surface area contributed by atoms with Gasteiger partial charge >= 0.3 is 0 Å². The maximum atomic E-state index is 6.43. The number of hydrogen-bond acceptors (Lipinski definition) is 2. The highest BCUT2D eigenvalue weighted by atomic mass is 15.2. The Morgan fingerprint density at radius 3 is 2.40 bits per heavy atom. The maximum Gasteiger partial charge on any atom is 0.116 e. The van der Waals surface area contributed by atoms with Crippen molar-refractivity contribution < 1.29 is 0 Å². The number of hydrogen-bond donors (Lipinski definition) is 1. The van der Waals surface area contributed by atoms with Crippen molar-refractivity contribution in [3.63, 3.8) is 0 Å². The Hall–Kier alpha value is -0.830. The molecule has 0 saturated heterocycles. The fourth-order valence-corrected chi connectivity index (χ4v) is 6.35. The lowest BCUT2D eigenvalue weighted by atomic mass is 9.49. The minimum Gasteiger partial charge on any atom is -0.316 e. The molecule has 1 aromatic rings. The second kappa shape index (κ2) is 3.88. The number of nitrogens with zero attached hydrogens (tertiary/aromatic N) is 2. The monoisotopic (exact) mass is 271 g/mol. The van der Waals surface area contributed by atoms with Crippen LogP contribution in [0.1, 0.15) is 69.1 Å². The maximum absolute atomic E-state index is 6.43. The molecular weight excluding hydrogens is 246 g/mol. The van der Waals surface area contributed by atoms with Gasteiger partial charge in [-0.15, -0.1) is 0 Å². The summed E-state index contributed by atoms with van der Waals surface area (Å²) < 4.78 is 2.44. The van der Waals surface area contributed by atoms with E-state index in [1.165, 1.54) is 62.9 Å². The summed E-state index contributed by atoms with van der Waals surface area (Å²) in [5.41, 5.74) is 8.22. The Kier molecular flexibility index (Phi) is 2.29. The molecule has 108 valence electrons. The second-order valence-electron chi connectivity index (χ2n) is 8.10. The fraction of sp³-hybridized carbons (Fsp3) is 0.824. The van der Waals surface area contributed by atoms with Crippen molar-refractivity contribution in [2.75, 3.05) is 0 Å². The summed E-state index contributed by atoms with van der Waals surface area (Å²) in [6.07, 6.45) is 14.5. The smallest absolute Gasteiger partial charge is 0.116 e.